The highest BCUT2D eigenvalue weighted by atomic mass is 35.5. The van der Waals surface area contributed by atoms with Crippen LogP contribution < -0.4 is 10.6 Å². The predicted octanol–water partition coefficient (Wildman–Crippen LogP) is 3.70. The number of hydrogen-bond acceptors (Lipinski definition) is 3. The van der Waals surface area contributed by atoms with Crippen LogP contribution in [0.15, 0.2) is 52.1 Å². The van der Waals surface area contributed by atoms with Gasteiger partial charge in [-0.3, -0.25) is 9.89 Å². The molecular weight excluding hydrogens is 360 g/mol. The molecule has 1 aliphatic rings. The molecule has 2 aromatic rings. The van der Waals surface area contributed by atoms with Crippen molar-refractivity contribution in [1.82, 2.24) is 15.5 Å². The van der Waals surface area contributed by atoms with Crippen LogP contribution in [0.2, 0.25) is 5.02 Å². The first-order valence-corrected chi connectivity index (χ1v) is 10.1. The quantitative estimate of drug-likeness (QED) is 0.561. The van der Waals surface area contributed by atoms with Gasteiger partial charge in [-0.1, -0.05) is 23.7 Å². The van der Waals surface area contributed by atoms with E-state index in [1.807, 2.05) is 24.3 Å². The Balaban J connectivity index is 1.43. The fourth-order valence-electron chi connectivity index (χ4n) is 3.33. The average Bonchev–Trinajstić information content (AvgIpc) is 3.19. The van der Waals surface area contributed by atoms with E-state index < -0.39 is 0 Å². The summed E-state index contributed by atoms with van der Waals surface area (Å²) in [6, 6.07) is 12.5. The zero-order chi connectivity index (χ0) is 18.9. The van der Waals surface area contributed by atoms with Crippen molar-refractivity contribution in [3.05, 3.63) is 59.0 Å². The molecule has 0 unspecified atom stereocenters. The fourth-order valence-corrected chi connectivity index (χ4v) is 3.46. The van der Waals surface area contributed by atoms with E-state index in [1.165, 1.54) is 5.56 Å². The van der Waals surface area contributed by atoms with Gasteiger partial charge in [-0.2, -0.15) is 0 Å². The summed E-state index contributed by atoms with van der Waals surface area (Å²) in [5, 5.41) is 7.74. The van der Waals surface area contributed by atoms with Crippen LogP contribution in [0.25, 0.3) is 0 Å². The minimum atomic E-state index is 0.466. The molecule has 0 saturated carbocycles. The van der Waals surface area contributed by atoms with Crippen molar-refractivity contribution < 1.29 is 4.42 Å². The lowest BCUT2D eigenvalue weighted by Gasteiger charge is -2.33. The van der Waals surface area contributed by atoms with Gasteiger partial charge in [0.15, 0.2) is 5.96 Å². The Morgan fingerprint density at radius 3 is 2.67 bits per heavy atom. The van der Waals surface area contributed by atoms with E-state index in [0.717, 1.165) is 68.7 Å². The lowest BCUT2D eigenvalue weighted by atomic mass is 10.0. The number of likely N-dealkylation sites (tertiary alicyclic amines) is 1. The van der Waals surface area contributed by atoms with E-state index >= 15 is 0 Å². The van der Waals surface area contributed by atoms with Crippen LogP contribution in [0.4, 0.5) is 0 Å². The molecule has 1 aliphatic heterocycles. The van der Waals surface area contributed by atoms with E-state index in [-0.39, 0.29) is 0 Å². The van der Waals surface area contributed by atoms with Crippen LogP contribution in [0, 0.1) is 0 Å². The van der Waals surface area contributed by atoms with Gasteiger partial charge >= 0.3 is 0 Å². The van der Waals surface area contributed by atoms with Gasteiger partial charge in [0.2, 0.25) is 0 Å². The third-order valence-corrected chi connectivity index (χ3v) is 5.05. The van der Waals surface area contributed by atoms with Gasteiger partial charge in [-0.05, 0) is 49.6 Å². The molecule has 0 aliphatic carbocycles. The van der Waals surface area contributed by atoms with Crippen molar-refractivity contribution in [3.8, 4) is 0 Å². The molecule has 0 spiro atoms. The van der Waals surface area contributed by atoms with E-state index in [2.05, 4.69) is 39.6 Å². The van der Waals surface area contributed by atoms with Gasteiger partial charge in [0, 0.05) is 50.2 Å². The molecule has 0 radical (unpaired) electrons. The lowest BCUT2D eigenvalue weighted by Crippen LogP contribution is -2.48. The number of guanidine groups is 1. The first kappa shape index (κ1) is 19.8. The monoisotopic (exact) mass is 388 g/mol. The van der Waals surface area contributed by atoms with Crippen molar-refractivity contribution in [1.29, 1.82) is 0 Å². The molecule has 2 N–H and O–H groups in total. The SMILES string of the molecule is CCNC(=NCCc1ccco1)NC1CCN(Cc2ccc(Cl)cc2)CC1. The topological polar surface area (TPSA) is 52.8 Å². The Bertz CT molecular complexity index is 691. The summed E-state index contributed by atoms with van der Waals surface area (Å²) in [4.78, 5) is 7.19. The molecule has 1 aromatic carbocycles. The van der Waals surface area contributed by atoms with Gasteiger partial charge in [0.05, 0.1) is 6.26 Å². The first-order chi connectivity index (χ1) is 13.2. The van der Waals surface area contributed by atoms with Crippen LogP contribution >= 0.6 is 11.6 Å². The van der Waals surface area contributed by atoms with Crippen LogP contribution in [0.1, 0.15) is 31.1 Å². The van der Waals surface area contributed by atoms with E-state index in [4.69, 9.17) is 16.0 Å². The van der Waals surface area contributed by atoms with Crippen molar-refractivity contribution in [2.24, 2.45) is 4.99 Å². The van der Waals surface area contributed by atoms with Crippen LogP contribution in [0.5, 0.6) is 0 Å². The summed E-state index contributed by atoms with van der Waals surface area (Å²) in [6.07, 6.45) is 4.77. The van der Waals surface area contributed by atoms with Crippen LogP contribution in [0.3, 0.4) is 0 Å². The molecule has 27 heavy (non-hydrogen) atoms. The summed E-state index contributed by atoms with van der Waals surface area (Å²) in [5.74, 6) is 1.88. The number of rotatable bonds is 7. The molecule has 0 amide bonds. The van der Waals surface area contributed by atoms with E-state index in [0.29, 0.717) is 6.04 Å². The summed E-state index contributed by atoms with van der Waals surface area (Å²) in [7, 11) is 0. The van der Waals surface area contributed by atoms with Crippen molar-refractivity contribution >= 4 is 17.6 Å². The zero-order valence-corrected chi connectivity index (χ0v) is 16.7. The highest BCUT2D eigenvalue weighted by Gasteiger charge is 2.20. The Morgan fingerprint density at radius 1 is 1.22 bits per heavy atom. The molecule has 0 atom stereocenters. The number of halogens is 1. The minimum Gasteiger partial charge on any atom is -0.469 e. The molecule has 146 valence electrons. The number of hydrogen-bond donors (Lipinski definition) is 2. The summed E-state index contributed by atoms with van der Waals surface area (Å²) < 4.78 is 5.37. The second-order valence-electron chi connectivity index (χ2n) is 6.91. The number of benzene rings is 1. The summed E-state index contributed by atoms with van der Waals surface area (Å²) >= 11 is 5.97. The normalized spacial score (nSPS) is 16.4. The third-order valence-electron chi connectivity index (χ3n) is 4.80. The summed E-state index contributed by atoms with van der Waals surface area (Å²) in [5.41, 5.74) is 1.32. The van der Waals surface area contributed by atoms with Crippen LogP contribution in [-0.2, 0) is 13.0 Å². The average molecular weight is 389 g/mol. The fraction of sp³-hybridized carbons (Fsp3) is 0.476. The maximum Gasteiger partial charge on any atom is 0.191 e. The number of nitrogens with zero attached hydrogens (tertiary/aromatic N) is 2. The molecule has 6 heteroatoms. The molecule has 1 fully saturated rings. The standard InChI is InChI=1S/C21H29ClN4O/c1-2-23-21(24-12-9-20-4-3-15-27-20)25-19-10-13-26(14-11-19)16-17-5-7-18(22)8-6-17/h3-8,15,19H,2,9-14,16H2,1H3,(H2,23,24,25). The zero-order valence-electron chi connectivity index (χ0n) is 16.0. The maximum absolute atomic E-state index is 5.97. The largest absolute Gasteiger partial charge is 0.469 e. The van der Waals surface area contributed by atoms with Gasteiger partial charge < -0.3 is 15.1 Å². The third kappa shape index (κ3) is 6.60. The first-order valence-electron chi connectivity index (χ1n) is 9.77. The van der Waals surface area contributed by atoms with Gasteiger partial charge in [0.25, 0.3) is 0 Å². The Morgan fingerprint density at radius 2 is 2.00 bits per heavy atom. The van der Waals surface area contributed by atoms with Gasteiger partial charge in [-0.15, -0.1) is 0 Å². The molecule has 2 heterocycles. The molecule has 1 saturated heterocycles. The highest BCUT2D eigenvalue weighted by Crippen LogP contribution is 2.16. The summed E-state index contributed by atoms with van der Waals surface area (Å²) in [6.45, 7) is 6.85. The van der Waals surface area contributed by atoms with Gasteiger partial charge in [-0.25, -0.2) is 0 Å². The van der Waals surface area contributed by atoms with Crippen LogP contribution in [-0.4, -0.2) is 43.1 Å². The molecule has 5 nitrogen and oxygen atoms in total. The maximum atomic E-state index is 5.97. The Labute approximate surface area is 166 Å². The molecular formula is C21H29ClN4O. The molecule has 3 rings (SSSR count). The number of aliphatic imine (C=N–C) groups is 1. The van der Waals surface area contributed by atoms with Gasteiger partial charge in [0.1, 0.15) is 5.76 Å². The Hall–Kier alpha value is -1.98. The highest BCUT2D eigenvalue weighted by molar-refractivity contribution is 6.30. The minimum absolute atomic E-state index is 0.466. The number of nitrogens with one attached hydrogen (secondary N) is 2. The smallest absolute Gasteiger partial charge is 0.191 e. The second kappa shape index (κ2) is 10.4. The Kier molecular flexibility index (Phi) is 7.60. The molecule has 1 aromatic heterocycles. The predicted molar refractivity (Wildman–Crippen MR) is 111 cm³/mol. The van der Waals surface area contributed by atoms with Crippen molar-refractivity contribution in [2.75, 3.05) is 26.2 Å². The number of furan rings is 1. The van der Waals surface area contributed by atoms with Crippen molar-refractivity contribution in [2.45, 2.75) is 38.8 Å². The lowest BCUT2D eigenvalue weighted by molar-refractivity contribution is 0.198. The van der Waals surface area contributed by atoms with E-state index in [1.54, 1.807) is 6.26 Å². The van der Waals surface area contributed by atoms with Crippen molar-refractivity contribution in [3.63, 3.8) is 0 Å². The molecule has 0 bridgehead atoms. The van der Waals surface area contributed by atoms with E-state index in [9.17, 15) is 0 Å². The number of piperidine rings is 1. The second-order valence-corrected chi connectivity index (χ2v) is 7.35.